The van der Waals surface area contributed by atoms with E-state index in [0.717, 1.165) is 6.08 Å². The monoisotopic (exact) mass is 312 g/mol. The molecule has 0 unspecified atom stereocenters. The minimum atomic E-state index is -2.05. The summed E-state index contributed by atoms with van der Waals surface area (Å²) in [5.74, 6) is -7.78. The number of nitrogens with zero attached hydrogens (tertiary/aromatic N) is 1. The summed E-state index contributed by atoms with van der Waals surface area (Å²) in [4.78, 5) is 8.91. The second-order valence-corrected chi connectivity index (χ2v) is 4.28. The molecule has 0 aliphatic carbocycles. The van der Waals surface area contributed by atoms with Gasteiger partial charge in [-0.3, -0.25) is 10.1 Å². The molecule has 2 rings (SSSR count). The molecule has 2 aromatic carbocycles. The molecule has 0 aliphatic rings. The van der Waals surface area contributed by atoms with Crippen LogP contribution in [0.25, 0.3) is 12.2 Å². The highest BCUT2D eigenvalue weighted by atomic mass is 19.2. The van der Waals surface area contributed by atoms with Crippen molar-refractivity contribution in [2.45, 2.75) is 0 Å². The summed E-state index contributed by atoms with van der Waals surface area (Å²) in [7, 11) is 0. The van der Waals surface area contributed by atoms with E-state index in [0.29, 0.717) is 11.3 Å². The standard InChI is InChI=1S/C14H8F4N2O2/c15-10-9(6-3-7-1-4-8(19)5-2-7)11(16)13(18)14(12(10)17)20(21)22/h1-6H,19H2. The Hall–Kier alpha value is -2.90. The smallest absolute Gasteiger partial charge is 0.346 e. The van der Waals surface area contributed by atoms with Gasteiger partial charge in [0.15, 0.2) is 11.6 Å². The lowest BCUT2D eigenvalue weighted by Gasteiger charge is -2.04. The summed E-state index contributed by atoms with van der Waals surface area (Å²) in [5, 5.41) is 10.4. The van der Waals surface area contributed by atoms with Gasteiger partial charge in [-0.15, -0.1) is 0 Å². The zero-order valence-electron chi connectivity index (χ0n) is 10.8. The number of nitro groups is 1. The lowest BCUT2D eigenvalue weighted by atomic mass is 10.1. The molecular formula is C14H8F4N2O2. The summed E-state index contributed by atoms with van der Waals surface area (Å²) >= 11 is 0. The third-order valence-electron chi connectivity index (χ3n) is 2.84. The molecule has 0 heterocycles. The molecule has 8 heteroatoms. The van der Waals surface area contributed by atoms with Gasteiger partial charge in [-0.05, 0) is 23.8 Å². The number of anilines is 1. The van der Waals surface area contributed by atoms with Crippen molar-refractivity contribution >= 4 is 23.5 Å². The molecule has 0 aromatic heterocycles. The molecule has 0 saturated heterocycles. The summed E-state index contributed by atoms with van der Waals surface area (Å²) in [5.41, 5.74) is 3.48. The minimum Gasteiger partial charge on any atom is -0.399 e. The van der Waals surface area contributed by atoms with Crippen LogP contribution in [0, 0.1) is 33.4 Å². The van der Waals surface area contributed by atoms with Gasteiger partial charge in [0, 0.05) is 5.69 Å². The van der Waals surface area contributed by atoms with Gasteiger partial charge in [0.25, 0.3) is 0 Å². The molecule has 0 radical (unpaired) electrons. The van der Waals surface area contributed by atoms with E-state index in [4.69, 9.17) is 5.73 Å². The van der Waals surface area contributed by atoms with Crippen LogP contribution in [0.4, 0.5) is 28.9 Å². The SMILES string of the molecule is Nc1ccc(C=Cc2c(F)c(F)c([N+](=O)[O-])c(F)c2F)cc1. The molecule has 0 saturated carbocycles. The molecule has 0 aliphatic heterocycles. The van der Waals surface area contributed by atoms with Crippen LogP contribution in [0.3, 0.4) is 0 Å². The van der Waals surface area contributed by atoms with Crippen molar-refractivity contribution < 1.29 is 22.5 Å². The Morgan fingerprint density at radius 3 is 1.86 bits per heavy atom. The molecule has 0 fully saturated rings. The zero-order chi connectivity index (χ0) is 16.4. The lowest BCUT2D eigenvalue weighted by molar-refractivity contribution is -0.390. The summed E-state index contributed by atoms with van der Waals surface area (Å²) in [6.45, 7) is 0. The molecule has 0 amide bonds. The second-order valence-electron chi connectivity index (χ2n) is 4.28. The van der Waals surface area contributed by atoms with Crippen molar-refractivity contribution in [2.75, 3.05) is 5.73 Å². The van der Waals surface area contributed by atoms with Crippen LogP contribution in [0.15, 0.2) is 24.3 Å². The van der Waals surface area contributed by atoms with Gasteiger partial charge in [0.2, 0.25) is 11.6 Å². The van der Waals surface area contributed by atoms with Crippen molar-refractivity contribution in [3.8, 4) is 0 Å². The van der Waals surface area contributed by atoms with E-state index in [1.807, 2.05) is 0 Å². The Morgan fingerprint density at radius 2 is 1.41 bits per heavy atom. The van der Waals surface area contributed by atoms with Crippen LogP contribution in [-0.2, 0) is 0 Å². The number of hydrogen-bond donors (Lipinski definition) is 1. The lowest BCUT2D eigenvalue weighted by Crippen LogP contribution is -2.05. The maximum absolute atomic E-state index is 13.7. The van der Waals surface area contributed by atoms with E-state index in [1.54, 1.807) is 0 Å². The first-order valence-electron chi connectivity index (χ1n) is 5.87. The maximum atomic E-state index is 13.7. The summed E-state index contributed by atoms with van der Waals surface area (Å²) < 4.78 is 54.3. The third kappa shape index (κ3) is 2.76. The average molecular weight is 312 g/mol. The van der Waals surface area contributed by atoms with Crippen LogP contribution in [0.5, 0.6) is 0 Å². The first-order valence-corrected chi connectivity index (χ1v) is 5.87. The fourth-order valence-corrected chi connectivity index (χ4v) is 1.73. The van der Waals surface area contributed by atoms with E-state index in [2.05, 4.69) is 0 Å². The highest BCUT2D eigenvalue weighted by Crippen LogP contribution is 2.30. The largest absolute Gasteiger partial charge is 0.399 e. The molecule has 22 heavy (non-hydrogen) atoms. The number of hydrogen-bond acceptors (Lipinski definition) is 3. The molecule has 2 N–H and O–H groups in total. The predicted octanol–water partition coefficient (Wildman–Crippen LogP) is 3.90. The maximum Gasteiger partial charge on any atom is 0.346 e. The molecule has 4 nitrogen and oxygen atoms in total. The Balaban J connectivity index is 2.52. The van der Waals surface area contributed by atoms with Crippen LogP contribution >= 0.6 is 0 Å². The molecule has 0 atom stereocenters. The van der Waals surface area contributed by atoms with Crippen molar-refractivity contribution in [3.63, 3.8) is 0 Å². The van der Waals surface area contributed by atoms with Crippen LogP contribution < -0.4 is 5.73 Å². The number of nitrogen functional groups attached to an aromatic ring is 1. The van der Waals surface area contributed by atoms with E-state index < -0.39 is 39.4 Å². The normalized spacial score (nSPS) is 11.1. The van der Waals surface area contributed by atoms with Crippen molar-refractivity contribution in [2.24, 2.45) is 0 Å². The quantitative estimate of drug-likeness (QED) is 0.233. The third-order valence-corrected chi connectivity index (χ3v) is 2.84. The highest BCUT2D eigenvalue weighted by molar-refractivity contribution is 5.71. The van der Waals surface area contributed by atoms with Gasteiger partial charge in [-0.2, -0.15) is 8.78 Å². The number of nitro benzene ring substituents is 1. The predicted molar refractivity (Wildman–Crippen MR) is 72.7 cm³/mol. The Morgan fingerprint density at radius 1 is 0.909 bits per heavy atom. The van der Waals surface area contributed by atoms with Crippen LogP contribution in [-0.4, -0.2) is 4.92 Å². The van der Waals surface area contributed by atoms with Gasteiger partial charge in [-0.1, -0.05) is 18.2 Å². The second kappa shape index (κ2) is 5.84. The Labute approximate surface area is 121 Å². The molecule has 0 bridgehead atoms. The van der Waals surface area contributed by atoms with E-state index >= 15 is 0 Å². The fourth-order valence-electron chi connectivity index (χ4n) is 1.73. The summed E-state index contributed by atoms with van der Waals surface area (Å²) in [6.07, 6.45) is 1.97. The highest BCUT2D eigenvalue weighted by Gasteiger charge is 2.31. The molecule has 0 spiro atoms. The van der Waals surface area contributed by atoms with Gasteiger partial charge in [0.05, 0.1) is 10.5 Å². The zero-order valence-corrected chi connectivity index (χ0v) is 10.8. The van der Waals surface area contributed by atoms with Crippen molar-refractivity contribution in [3.05, 3.63) is 68.8 Å². The molecular weight excluding hydrogens is 304 g/mol. The number of benzene rings is 2. The minimum absolute atomic E-state index is 0.460. The molecule has 114 valence electrons. The van der Waals surface area contributed by atoms with Crippen LogP contribution in [0.1, 0.15) is 11.1 Å². The first-order chi connectivity index (χ1) is 10.3. The van der Waals surface area contributed by atoms with Gasteiger partial charge < -0.3 is 5.73 Å². The van der Waals surface area contributed by atoms with Crippen molar-refractivity contribution in [1.29, 1.82) is 0 Å². The molecule has 2 aromatic rings. The summed E-state index contributed by atoms with van der Waals surface area (Å²) in [6, 6.07) is 6.06. The van der Waals surface area contributed by atoms with Gasteiger partial charge in [0.1, 0.15) is 0 Å². The number of nitrogens with two attached hydrogens (primary N) is 1. The van der Waals surface area contributed by atoms with Gasteiger partial charge in [-0.25, -0.2) is 8.78 Å². The Bertz CT molecular complexity index is 744. The number of halogens is 4. The Kier molecular flexibility index (Phi) is 4.11. The topological polar surface area (TPSA) is 69.2 Å². The van der Waals surface area contributed by atoms with Crippen molar-refractivity contribution in [1.82, 2.24) is 0 Å². The van der Waals surface area contributed by atoms with E-state index in [-0.39, 0.29) is 0 Å². The van der Waals surface area contributed by atoms with Crippen LogP contribution in [0.2, 0.25) is 0 Å². The van der Waals surface area contributed by atoms with Gasteiger partial charge >= 0.3 is 5.69 Å². The van der Waals surface area contributed by atoms with E-state index in [9.17, 15) is 27.7 Å². The van der Waals surface area contributed by atoms with E-state index in [1.165, 1.54) is 30.3 Å². The number of rotatable bonds is 3. The average Bonchev–Trinajstić information content (AvgIpc) is 2.47. The fraction of sp³-hybridized carbons (Fsp3) is 0. The first kappa shape index (κ1) is 15.5.